The summed E-state index contributed by atoms with van der Waals surface area (Å²) in [5, 5.41) is 7.73. The van der Waals surface area contributed by atoms with E-state index in [1.54, 1.807) is 58.9 Å². The van der Waals surface area contributed by atoms with Gasteiger partial charge in [-0.25, -0.2) is 4.52 Å². The maximum Gasteiger partial charge on any atom is 0.266 e. The van der Waals surface area contributed by atoms with Crippen LogP contribution in [0.1, 0.15) is 28.8 Å². The zero-order chi connectivity index (χ0) is 19.3. The highest BCUT2D eigenvalue weighted by Gasteiger charge is 2.25. The van der Waals surface area contributed by atoms with E-state index >= 15 is 0 Å². The van der Waals surface area contributed by atoms with E-state index in [0.29, 0.717) is 28.1 Å². The molecule has 1 amide bonds. The summed E-state index contributed by atoms with van der Waals surface area (Å²) in [6.45, 7) is 0. The molecule has 4 aromatic rings. The lowest BCUT2D eigenvalue weighted by Gasteiger charge is -2.13. The lowest BCUT2D eigenvalue weighted by Crippen LogP contribution is -2.23. The fourth-order valence-corrected chi connectivity index (χ4v) is 3.67. The van der Waals surface area contributed by atoms with Crippen LogP contribution in [0, 0.1) is 5.92 Å². The summed E-state index contributed by atoms with van der Waals surface area (Å²) in [5.41, 5.74) is 3.66. The highest BCUT2D eigenvalue weighted by atomic mass is 16.1. The second-order valence-corrected chi connectivity index (χ2v) is 7.21. The predicted octanol–water partition coefficient (Wildman–Crippen LogP) is 2.35. The number of benzene rings is 1. The van der Waals surface area contributed by atoms with Gasteiger partial charge >= 0.3 is 0 Å². The monoisotopic (exact) mass is 373 g/mol. The van der Waals surface area contributed by atoms with Crippen LogP contribution >= 0.6 is 0 Å². The van der Waals surface area contributed by atoms with Crippen molar-refractivity contribution in [2.75, 3.05) is 7.05 Å². The third kappa shape index (κ3) is 2.58. The third-order valence-corrected chi connectivity index (χ3v) is 5.31. The molecule has 1 saturated carbocycles. The summed E-state index contributed by atoms with van der Waals surface area (Å²) < 4.78 is 3.49. The molecule has 5 rings (SSSR count). The molecule has 7 nitrogen and oxygen atoms in total. The summed E-state index contributed by atoms with van der Waals surface area (Å²) in [5.74, 6) is 0.504. The maximum atomic E-state index is 13.4. The number of fused-ring (bicyclic) bond motifs is 3. The van der Waals surface area contributed by atoms with E-state index in [1.807, 2.05) is 6.20 Å². The van der Waals surface area contributed by atoms with Gasteiger partial charge in [0.05, 0.1) is 29.0 Å². The van der Waals surface area contributed by atoms with Crippen molar-refractivity contribution in [2.24, 2.45) is 5.92 Å². The van der Waals surface area contributed by atoms with Gasteiger partial charge in [-0.05, 0) is 55.5 Å². The topological polar surface area (TPSA) is 81.3 Å². The number of hydrogen-bond acceptors (Lipinski definition) is 4. The molecule has 0 unspecified atom stereocenters. The number of carbonyl (C=O) groups is 1. The van der Waals surface area contributed by atoms with Crippen molar-refractivity contribution < 1.29 is 4.79 Å². The van der Waals surface area contributed by atoms with Crippen LogP contribution in [-0.2, 0) is 6.42 Å². The molecule has 0 spiro atoms. The Morgan fingerprint density at radius 2 is 1.96 bits per heavy atom. The molecule has 0 saturated heterocycles. The zero-order valence-electron chi connectivity index (χ0n) is 15.4. The lowest BCUT2D eigenvalue weighted by molar-refractivity contribution is 0.0963. The average molecular weight is 373 g/mol. The minimum absolute atomic E-state index is 0.116. The van der Waals surface area contributed by atoms with Gasteiger partial charge in [-0.1, -0.05) is 0 Å². The predicted molar refractivity (Wildman–Crippen MR) is 106 cm³/mol. The van der Waals surface area contributed by atoms with Crippen molar-refractivity contribution >= 4 is 22.5 Å². The quantitative estimate of drug-likeness (QED) is 0.595. The molecular weight excluding hydrogens is 354 g/mol. The van der Waals surface area contributed by atoms with Gasteiger partial charge in [0, 0.05) is 24.4 Å². The number of nitrogens with one attached hydrogen (secondary N) is 1. The van der Waals surface area contributed by atoms with Crippen molar-refractivity contribution in [2.45, 2.75) is 19.3 Å². The van der Waals surface area contributed by atoms with E-state index in [4.69, 9.17) is 0 Å². The zero-order valence-corrected chi connectivity index (χ0v) is 15.4. The van der Waals surface area contributed by atoms with Gasteiger partial charge in [0.25, 0.3) is 11.5 Å². The number of hydrogen-bond donors (Lipinski definition) is 1. The molecule has 0 radical (unpaired) electrons. The van der Waals surface area contributed by atoms with Crippen molar-refractivity contribution in [1.29, 1.82) is 0 Å². The molecule has 3 aromatic heterocycles. The third-order valence-electron chi connectivity index (χ3n) is 5.31. The molecule has 0 aliphatic heterocycles. The first kappa shape index (κ1) is 16.7. The molecular formula is C21H19N5O2. The Labute approximate surface area is 160 Å². The number of carbonyl (C=O) groups excluding carboxylic acids is 1. The molecule has 1 N–H and O–H groups in total. The van der Waals surface area contributed by atoms with Crippen LogP contribution in [0.25, 0.3) is 22.2 Å². The van der Waals surface area contributed by atoms with Gasteiger partial charge in [-0.15, -0.1) is 0 Å². The van der Waals surface area contributed by atoms with Crippen molar-refractivity contribution in [3.63, 3.8) is 0 Å². The first-order valence-electron chi connectivity index (χ1n) is 9.35. The molecule has 1 aliphatic rings. The van der Waals surface area contributed by atoms with Crippen molar-refractivity contribution in [1.82, 2.24) is 24.5 Å². The summed E-state index contributed by atoms with van der Waals surface area (Å²) in [6, 6.07) is 8.77. The summed E-state index contributed by atoms with van der Waals surface area (Å²) in [4.78, 5) is 29.4. The summed E-state index contributed by atoms with van der Waals surface area (Å²) in [6.07, 6.45) is 8.49. The van der Waals surface area contributed by atoms with Gasteiger partial charge in [-0.2, -0.15) is 5.10 Å². The Bertz CT molecular complexity index is 1270. The molecule has 1 aliphatic carbocycles. The van der Waals surface area contributed by atoms with E-state index in [-0.39, 0.29) is 11.5 Å². The van der Waals surface area contributed by atoms with E-state index in [9.17, 15) is 9.59 Å². The van der Waals surface area contributed by atoms with E-state index in [0.717, 1.165) is 17.6 Å². The summed E-state index contributed by atoms with van der Waals surface area (Å²) >= 11 is 0. The minimum Gasteiger partial charge on any atom is -0.355 e. The number of rotatable bonds is 4. The average Bonchev–Trinajstić information content (AvgIpc) is 3.46. The smallest absolute Gasteiger partial charge is 0.266 e. The molecule has 1 fully saturated rings. The molecule has 7 heteroatoms. The van der Waals surface area contributed by atoms with Crippen LogP contribution in [0.4, 0.5) is 0 Å². The van der Waals surface area contributed by atoms with Crippen LogP contribution in [0.2, 0.25) is 0 Å². The molecule has 28 heavy (non-hydrogen) atoms. The van der Waals surface area contributed by atoms with Gasteiger partial charge in [0.2, 0.25) is 0 Å². The van der Waals surface area contributed by atoms with Crippen LogP contribution in [0.3, 0.4) is 0 Å². The number of aromatic nitrogens is 4. The number of pyridine rings is 1. The SMILES string of the molecule is CNC(=O)c1ccc(-n2c(=O)c3ccncc3n3ncc(CC4CC4)c23)cc1. The van der Waals surface area contributed by atoms with Gasteiger partial charge in [0.15, 0.2) is 0 Å². The first-order valence-corrected chi connectivity index (χ1v) is 9.35. The molecule has 0 bridgehead atoms. The molecule has 3 heterocycles. The second-order valence-electron chi connectivity index (χ2n) is 7.21. The molecule has 1 aromatic carbocycles. The van der Waals surface area contributed by atoms with Crippen LogP contribution < -0.4 is 10.9 Å². The van der Waals surface area contributed by atoms with Crippen molar-refractivity contribution in [3.05, 3.63) is 70.4 Å². The van der Waals surface area contributed by atoms with Gasteiger partial charge in [-0.3, -0.25) is 19.1 Å². The normalized spacial score (nSPS) is 13.9. The largest absolute Gasteiger partial charge is 0.355 e. The van der Waals surface area contributed by atoms with Crippen molar-refractivity contribution in [3.8, 4) is 5.69 Å². The van der Waals surface area contributed by atoms with Crippen LogP contribution in [0.5, 0.6) is 0 Å². The van der Waals surface area contributed by atoms with Gasteiger partial charge in [0.1, 0.15) is 5.65 Å². The maximum absolute atomic E-state index is 13.4. The van der Waals surface area contributed by atoms with Crippen LogP contribution in [-0.4, -0.2) is 32.1 Å². The fraction of sp³-hybridized carbons (Fsp3) is 0.238. The van der Waals surface area contributed by atoms with E-state index in [1.165, 1.54) is 12.8 Å². The lowest BCUT2D eigenvalue weighted by atomic mass is 10.1. The molecule has 140 valence electrons. The summed E-state index contributed by atoms with van der Waals surface area (Å²) in [7, 11) is 1.60. The first-order chi connectivity index (χ1) is 13.7. The second kappa shape index (κ2) is 6.30. The van der Waals surface area contributed by atoms with Gasteiger partial charge < -0.3 is 5.32 Å². The number of amides is 1. The van der Waals surface area contributed by atoms with E-state index in [2.05, 4.69) is 15.4 Å². The van der Waals surface area contributed by atoms with Crippen LogP contribution in [0.15, 0.2) is 53.7 Å². The minimum atomic E-state index is -0.160. The Balaban J connectivity index is 1.80. The Morgan fingerprint density at radius 3 is 2.68 bits per heavy atom. The Kier molecular flexibility index (Phi) is 3.75. The van der Waals surface area contributed by atoms with E-state index < -0.39 is 0 Å². The highest BCUT2D eigenvalue weighted by Crippen LogP contribution is 2.34. The molecule has 0 atom stereocenters. The Hall–Kier alpha value is -3.48. The fourth-order valence-electron chi connectivity index (χ4n) is 3.67. The Morgan fingerprint density at radius 1 is 1.18 bits per heavy atom. The standard InChI is InChI=1S/C21H19N5O2/c1-22-19(27)14-4-6-16(7-5-14)25-20-15(10-13-2-3-13)11-24-26(20)18-12-23-9-8-17(18)21(25)28/h4-9,11-13H,2-3,10H2,1H3,(H,22,27). The highest BCUT2D eigenvalue weighted by molar-refractivity contribution is 5.94. The number of nitrogens with zero attached hydrogens (tertiary/aromatic N) is 4.